The molecule has 0 aliphatic heterocycles. The zero-order valence-electron chi connectivity index (χ0n) is 19.2. The summed E-state index contributed by atoms with van der Waals surface area (Å²) in [4.78, 5) is 27.0. The van der Waals surface area contributed by atoms with Crippen LogP contribution in [0.25, 0.3) is 16.7 Å². The summed E-state index contributed by atoms with van der Waals surface area (Å²) in [6.45, 7) is 5.22. The SMILES string of the molecule is CCCCn1c(=O)c2ccccc2n2c(=S)n(CN(C)Cc3cc(C(=O)OC)c(C)o3)nc12. The van der Waals surface area contributed by atoms with Crippen LogP contribution in [0.3, 0.4) is 0 Å². The van der Waals surface area contributed by atoms with Crippen molar-refractivity contribution in [2.24, 2.45) is 0 Å². The van der Waals surface area contributed by atoms with Crippen LogP contribution in [0.5, 0.6) is 0 Å². The standard InChI is InChI=1S/C23H27N5O4S/c1-5-6-11-26-20(29)17-9-7-8-10-19(17)28-22(26)24-27(23(28)33)14-25(3)13-16-12-18(15(2)32-16)21(30)31-4/h7-10,12H,5-6,11,13-14H2,1-4H3. The molecular formula is C23H27N5O4S. The van der Waals surface area contributed by atoms with Crippen molar-refractivity contribution in [1.29, 1.82) is 0 Å². The summed E-state index contributed by atoms with van der Waals surface area (Å²) < 4.78 is 16.3. The van der Waals surface area contributed by atoms with Crippen molar-refractivity contribution in [1.82, 2.24) is 23.6 Å². The molecule has 0 atom stereocenters. The van der Waals surface area contributed by atoms with Gasteiger partial charge in [-0.15, -0.1) is 5.10 Å². The minimum Gasteiger partial charge on any atom is -0.465 e. The van der Waals surface area contributed by atoms with Gasteiger partial charge in [0.1, 0.15) is 17.1 Å². The van der Waals surface area contributed by atoms with Crippen LogP contribution in [0.2, 0.25) is 0 Å². The van der Waals surface area contributed by atoms with E-state index in [1.807, 2.05) is 40.6 Å². The molecule has 0 radical (unpaired) electrons. The molecule has 0 fully saturated rings. The maximum Gasteiger partial charge on any atom is 0.341 e. The second kappa shape index (κ2) is 9.32. The Kier molecular flexibility index (Phi) is 6.48. The molecule has 9 nitrogen and oxygen atoms in total. The Bertz CT molecular complexity index is 1450. The van der Waals surface area contributed by atoms with Crippen LogP contribution in [0, 0.1) is 11.7 Å². The zero-order valence-corrected chi connectivity index (χ0v) is 20.0. The van der Waals surface area contributed by atoms with Gasteiger partial charge in [-0.2, -0.15) is 0 Å². The van der Waals surface area contributed by atoms with Gasteiger partial charge in [0.05, 0.1) is 31.2 Å². The molecule has 0 aliphatic carbocycles. The number of para-hydroxylation sites is 1. The number of unbranched alkanes of at least 4 members (excludes halogenated alkanes) is 1. The van der Waals surface area contributed by atoms with Gasteiger partial charge in [-0.25, -0.2) is 9.48 Å². The molecule has 4 rings (SSSR count). The van der Waals surface area contributed by atoms with Crippen molar-refractivity contribution >= 4 is 34.9 Å². The number of methoxy groups -OCH3 is 1. The molecule has 1 aromatic carbocycles. The molecule has 3 heterocycles. The normalized spacial score (nSPS) is 11.7. The van der Waals surface area contributed by atoms with Crippen molar-refractivity contribution in [2.45, 2.75) is 46.4 Å². The summed E-state index contributed by atoms with van der Waals surface area (Å²) in [7, 11) is 3.25. The number of furan rings is 1. The molecule has 0 aliphatic rings. The number of nitrogens with zero attached hydrogens (tertiary/aromatic N) is 5. The van der Waals surface area contributed by atoms with Gasteiger partial charge in [-0.05, 0) is 50.8 Å². The molecule has 0 N–H and O–H groups in total. The van der Waals surface area contributed by atoms with E-state index in [0.29, 0.717) is 52.8 Å². The maximum absolute atomic E-state index is 13.2. The first-order chi connectivity index (χ1) is 15.8. The van der Waals surface area contributed by atoms with E-state index in [2.05, 4.69) is 6.92 Å². The topological polar surface area (TPSA) is 86.9 Å². The van der Waals surface area contributed by atoms with Crippen molar-refractivity contribution in [3.63, 3.8) is 0 Å². The number of fused-ring (bicyclic) bond motifs is 3. The van der Waals surface area contributed by atoms with Crippen molar-refractivity contribution in [3.8, 4) is 0 Å². The second-order valence-corrected chi connectivity index (χ2v) is 8.44. The molecular weight excluding hydrogens is 442 g/mol. The van der Waals surface area contributed by atoms with Gasteiger partial charge in [-0.1, -0.05) is 25.5 Å². The summed E-state index contributed by atoms with van der Waals surface area (Å²) in [6.07, 6.45) is 1.83. The molecule has 0 amide bonds. The number of aromatic nitrogens is 4. The number of aryl methyl sites for hydroxylation is 2. The summed E-state index contributed by atoms with van der Waals surface area (Å²) in [5, 5.41) is 5.33. The summed E-state index contributed by atoms with van der Waals surface area (Å²) >= 11 is 5.76. The molecule has 174 valence electrons. The second-order valence-electron chi connectivity index (χ2n) is 8.07. The predicted molar refractivity (Wildman–Crippen MR) is 127 cm³/mol. The quantitative estimate of drug-likeness (QED) is 0.287. The molecule has 0 bridgehead atoms. The Morgan fingerprint density at radius 3 is 2.79 bits per heavy atom. The lowest BCUT2D eigenvalue weighted by Gasteiger charge is -2.14. The van der Waals surface area contributed by atoms with Crippen LogP contribution in [-0.4, -0.2) is 43.8 Å². The lowest BCUT2D eigenvalue weighted by molar-refractivity contribution is 0.0599. The Morgan fingerprint density at radius 2 is 2.06 bits per heavy atom. The number of esters is 1. The monoisotopic (exact) mass is 469 g/mol. The fourth-order valence-electron chi connectivity index (χ4n) is 3.96. The lowest BCUT2D eigenvalue weighted by Crippen LogP contribution is -2.23. The largest absolute Gasteiger partial charge is 0.465 e. The Morgan fingerprint density at radius 1 is 1.30 bits per heavy atom. The third kappa shape index (κ3) is 4.23. The number of hydrogen-bond donors (Lipinski definition) is 0. The Hall–Kier alpha value is -3.24. The van der Waals surface area contributed by atoms with E-state index in [4.69, 9.17) is 26.5 Å². The minimum absolute atomic E-state index is 0.0616. The molecule has 4 aromatic rings. The van der Waals surface area contributed by atoms with Gasteiger partial charge in [0, 0.05) is 6.54 Å². The van der Waals surface area contributed by atoms with E-state index in [-0.39, 0.29) is 5.56 Å². The third-order valence-electron chi connectivity index (χ3n) is 5.59. The number of hydrogen-bond acceptors (Lipinski definition) is 7. The number of carbonyl (C=O) groups is 1. The highest BCUT2D eigenvalue weighted by molar-refractivity contribution is 7.71. The number of benzene rings is 1. The average molecular weight is 470 g/mol. The fraction of sp³-hybridized carbons (Fsp3) is 0.391. The van der Waals surface area contributed by atoms with Gasteiger partial charge in [0.15, 0.2) is 0 Å². The van der Waals surface area contributed by atoms with E-state index >= 15 is 0 Å². The summed E-state index contributed by atoms with van der Waals surface area (Å²) in [6, 6.07) is 9.15. The van der Waals surface area contributed by atoms with Gasteiger partial charge < -0.3 is 9.15 Å². The molecule has 10 heteroatoms. The van der Waals surface area contributed by atoms with Crippen LogP contribution in [-0.2, 0) is 24.5 Å². The van der Waals surface area contributed by atoms with E-state index in [1.165, 1.54) is 7.11 Å². The summed E-state index contributed by atoms with van der Waals surface area (Å²) in [5.74, 6) is 1.26. The number of carbonyl (C=O) groups excluding carboxylic acids is 1. The van der Waals surface area contributed by atoms with Crippen LogP contribution >= 0.6 is 12.2 Å². The smallest absolute Gasteiger partial charge is 0.341 e. The van der Waals surface area contributed by atoms with Crippen LogP contribution in [0.15, 0.2) is 39.5 Å². The van der Waals surface area contributed by atoms with E-state index in [1.54, 1.807) is 22.2 Å². The summed E-state index contributed by atoms with van der Waals surface area (Å²) in [5.41, 5.74) is 1.10. The third-order valence-corrected chi connectivity index (χ3v) is 5.99. The maximum atomic E-state index is 13.2. The van der Waals surface area contributed by atoms with Crippen LogP contribution in [0.1, 0.15) is 41.6 Å². The highest BCUT2D eigenvalue weighted by Crippen LogP contribution is 2.18. The van der Waals surface area contributed by atoms with E-state index in [0.717, 1.165) is 18.4 Å². The Labute approximate surface area is 195 Å². The lowest BCUT2D eigenvalue weighted by atomic mass is 10.2. The highest BCUT2D eigenvalue weighted by atomic mass is 32.1. The fourth-order valence-corrected chi connectivity index (χ4v) is 4.23. The predicted octanol–water partition coefficient (Wildman–Crippen LogP) is 3.76. The van der Waals surface area contributed by atoms with Gasteiger partial charge >= 0.3 is 5.97 Å². The van der Waals surface area contributed by atoms with Crippen LogP contribution < -0.4 is 5.56 Å². The first-order valence-corrected chi connectivity index (χ1v) is 11.2. The number of ether oxygens (including phenoxy) is 1. The first kappa shape index (κ1) is 22.9. The van der Waals surface area contributed by atoms with Crippen molar-refractivity contribution < 1.29 is 13.9 Å². The molecule has 33 heavy (non-hydrogen) atoms. The van der Waals surface area contributed by atoms with Gasteiger partial charge in [0.2, 0.25) is 10.5 Å². The zero-order chi connectivity index (χ0) is 23.7. The number of rotatable bonds is 8. The molecule has 3 aromatic heterocycles. The minimum atomic E-state index is -0.426. The van der Waals surface area contributed by atoms with Crippen molar-refractivity contribution in [3.05, 3.63) is 62.5 Å². The molecule has 0 unspecified atom stereocenters. The van der Waals surface area contributed by atoms with E-state index < -0.39 is 5.97 Å². The van der Waals surface area contributed by atoms with Gasteiger partial charge in [0.25, 0.3) is 5.56 Å². The first-order valence-electron chi connectivity index (χ1n) is 10.8. The average Bonchev–Trinajstić information content (AvgIpc) is 3.32. The Balaban J connectivity index is 1.71. The molecule has 0 saturated carbocycles. The van der Waals surface area contributed by atoms with Crippen molar-refractivity contribution in [2.75, 3.05) is 14.2 Å². The molecule has 0 saturated heterocycles. The molecule has 0 spiro atoms. The van der Waals surface area contributed by atoms with E-state index in [9.17, 15) is 9.59 Å². The van der Waals surface area contributed by atoms with Crippen LogP contribution in [0.4, 0.5) is 0 Å². The highest BCUT2D eigenvalue weighted by Gasteiger charge is 2.18. The van der Waals surface area contributed by atoms with Gasteiger partial charge in [-0.3, -0.25) is 18.7 Å².